The van der Waals surface area contributed by atoms with Gasteiger partial charge in [0.2, 0.25) is 0 Å². The van der Waals surface area contributed by atoms with Crippen LogP contribution in [-0.4, -0.2) is 42.8 Å². The van der Waals surface area contributed by atoms with Gasteiger partial charge in [-0.2, -0.15) is 0 Å². The molecule has 0 spiro atoms. The van der Waals surface area contributed by atoms with Gasteiger partial charge in [-0.1, -0.05) is 30.3 Å². The van der Waals surface area contributed by atoms with Gasteiger partial charge in [0.15, 0.2) is 0 Å². The van der Waals surface area contributed by atoms with Gasteiger partial charge in [0.05, 0.1) is 0 Å². The molecule has 3 nitrogen and oxygen atoms in total. The minimum Gasteiger partial charge on any atom is -0.396 e. The molecule has 0 amide bonds. The van der Waals surface area contributed by atoms with E-state index in [2.05, 4.69) is 34.5 Å². The van der Waals surface area contributed by atoms with Gasteiger partial charge in [-0.15, -0.1) is 0 Å². The molecule has 3 heteroatoms. The molecule has 1 aliphatic heterocycles. The minimum atomic E-state index is 0.276. The second-order valence-corrected chi connectivity index (χ2v) is 4.47. The maximum Gasteiger partial charge on any atom is 0.0483 e. The van der Waals surface area contributed by atoms with E-state index in [1.54, 1.807) is 0 Å². The highest BCUT2D eigenvalue weighted by molar-refractivity contribution is 5.14. The second kappa shape index (κ2) is 5.99. The van der Waals surface area contributed by atoms with Gasteiger partial charge in [-0.3, -0.25) is 4.90 Å². The lowest BCUT2D eigenvalue weighted by Gasteiger charge is -2.22. The summed E-state index contributed by atoms with van der Waals surface area (Å²) in [6.07, 6.45) is 0. The van der Waals surface area contributed by atoms with Crippen molar-refractivity contribution >= 4 is 0 Å². The van der Waals surface area contributed by atoms with E-state index in [9.17, 15) is 5.11 Å². The quantitative estimate of drug-likeness (QED) is 0.787. The standard InChI is InChI=1S/C13H20N2O/c16-11-13-8-14-6-7-15(10-13)9-12-4-2-1-3-5-12/h1-5,13-14,16H,6-11H2/t13-/m0/s1. The van der Waals surface area contributed by atoms with Crippen LogP contribution in [0.25, 0.3) is 0 Å². The van der Waals surface area contributed by atoms with Crippen LogP contribution < -0.4 is 5.32 Å². The zero-order valence-electron chi connectivity index (χ0n) is 9.60. The fraction of sp³-hybridized carbons (Fsp3) is 0.538. The summed E-state index contributed by atoms with van der Waals surface area (Å²) >= 11 is 0. The van der Waals surface area contributed by atoms with E-state index >= 15 is 0 Å². The topological polar surface area (TPSA) is 35.5 Å². The number of aliphatic hydroxyl groups is 1. The maximum absolute atomic E-state index is 9.23. The van der Waals surface area contributed by atoms with Crippen molar-refractivity contribution in [1.29, 1.82) is 0 Å². The van der Waals surface area contributed by atoms with Gasteiger partial charge in [-0.25, -0.2) is 0 Å². The molecule has 1 saturated heterocycles. The number of nitrogens with one attached hydrogen (secondary N) is 1. The van der Waals surface area contributed by atoms with Crippen molar-refractivity contribution in [2.75, 3.05) is 32.8 Å². The maximum atomic E-state index is 9.23. The first-order valence-electron chi connectivity index (χ1n) is 5.96. The first kappa shape index (κ1) is 11.6. The lowest BCUT2D eigenvalue weighted by atomic mass is 10.1. The molecule has 0 unspecified atom stereocenters. The summed E-state index contributed by atoms with van der Waals surface area (Å²) in [6.45, 7) is 5.26. The van der Waals surface area contributed by atoms with Crippen LogP contribution in [-0.2, 0) is 6.54 Å². The highest BCUT2D eigenvalue weighted by Gasteiger charge is 2.16. The fourth-order valence-corrected chi connectivity index (χ4v) is 2.17. The lowest BCUT2D eigenvalue weighted by molar-refractivity contribution is 0.177. The summed E-state index contributed by atoms with van der Waals surface area (Å²) in [7, 11) is 0. The highest BCUT2D eigenvalue weighted by atomic mass is 16.3. The molecule has 1 aromatic carbocycles. The van der Waals surface area contributed by atoms with Gasteiger partial charge in [0.25, 0.3) is 0 Å². The normalized spacial score (nSPS) is 22.9. The third kappa shape index (κ3) is 3.30. The fourth-order valence-electron chi connectivity index (χ4n) is 2.17. The van der Waals surface area contributed by atoms with E-state index in [1.807, 2.05) is 6.07 Å². The Morgan fingerprint density at radius 1 is 1.31 bits per heavy atom. The predicted octanol–water partition coefficient (Wildman–Crippen LogP) is 0.700. The Morgan fingerprint density at radius 2 is 2.12 bits per heavy atom. The van der Waals surface area contributed by atoms with Crippen molar-refractivity contribution in [3.05, 3.63) is 35.9 Å². The Labute approximate surface area is 97.1 Å². The molecular weight excluding hydrogens is 200 g/mol. The van der Waals surface area contributed by atoms with Crippen LogP contribution in [0.5, 0.6) is 0 Å². The molecule has 1 heterocycles. The predicted molar refractivity (Wildman–Crippen MR) is 65.2 cm³/mol. The molecule has 0 aromatic heterocycles. The van der Waals surface area contributed by atoms with Crippen molar-refractivity contribution in [1.82, 2.24) is 10.2 Å². The van der Waals surface area contributed by atoms with Crippen LogP contribution in [0, 0.1) is 5.92 Å². The van der Waals surface area contributed by atoms with Crippen molar-refractivity contribution in [2.45, 2.75) is 6.54 Å². The minimum absolute atomic E-state index is 0.276. The Morgan fingerprint density at radius 3 is 2.88 bits per heavy atom. The molecule has 16 heavy (non-hydrogen) atoms. The van der Waals surface area contributed by atoms with E-state index in [1.165, 1.54) is 5.56 Å². The molecule has 0 aliphatic carbocycles. The van der Waals surface area contributed by atoms with Crippen LogP contribution in [0.3, 0.4) is 0 Å². The third-order valence-electron chi connectivity index (χ3n) is 3.06. The number of nitrogens with zero attached hydrogens (tertiary/aromatic N) is 1. The largest absolute Gasteiger partial charge is 0.396 e. The summed E-state index contributed by atoms with van der Waals surface area (Å²) in [5, 5.41) is 12.6. The molecule has 1 fully saturated rings. The molecule has 2 rings (SSSR count). The third-order valence-corrected chi connectivity index (χ3v) is 3.06. The van der Waals surface area contributed by atoms with Crippen LogP contribution >= 0.6 is 0 Å². The Kier molecular flexibility index (Phi) is 4.34. The van der Waals surface area contributed by atoms with Gasteiger partial charge in [0, 0.05) is 45.2 Å². The van der Waals surface area contributed by atoms with Crippen molar-refractivity contribution < 1.29 is 5.11 Å². The van der Waals surface area contributed by atoms with Crippen LogP contribution in [0.1, 0.15) is 5.56 Å². The highest BCUT2D eigenvalue weighted by Crippen LogP contribution is 2.08. The molecule has 1 aromatic rings. The molecule has 0 saturated carbocycles. The van der Waals surface area contributed by atoms with Gasteiger partial charge >= 0.3 is 0 Å². The van der Waals surface area contributed by atoms with E-state index < -0.39 is 0 Å². The number of hydrogen-bond donors (Lipinski definition) is 2. The van der Waals surface area contributed by atoms with Crippen molar-refractivity contribution in [3.8, 4) is 0 Å². The molecule has 2 N–H and O–H groups in total. The van der Waals surface area contributed by atoms with E-state index in [0.29, 0.717) is 5.92 Å². The summed E-state index contributed by atoms with van der Waals surface area (Å²) in [5.74, 6) is 0.367. The summed E-state index contributed by atoms with van der Waals surface area (Å²) < 4.78 is 0. The molecule has 1 aliphatic rings. The van der Waals surface area contributed by atoms with Gasteiger partial charge in [0.1, 0.15) is 0 Å². The first-order chi connectivity index (χ1) is 7.88. The van der Waals surface area contributed by atoms with Crippen molar-refractivity contribution in [3.63, 3.8) is 0 Å². The second-order valence-electron chi connectivity index (χ2n) is 4.47. The SMILES string of the molecule is OC[C@H]1CNCCN(Cc2ccccc2)C1. The van der Waals surface area contributed by atoms with Crippen LogP contribution in [0.4, 0.5) is 0 Å². The Balaban J connectivity index is 1.93. The van der Waals surface area contributed by atoms with E-state index in [4.69, 9.17) is 0 Å². The number of benzene rings is 1. The summed E-state index contributed by atoms with van der Waals surface area (Å²) in [6, 6.07) is 10.5. The van der Waals surface area contributed by atoms with Gasteiger partial charge < -0.3 is 10.4 Å². The molecule has 88 valence electrons. The first-order valence-corrected chi connectivity index (χ1v) is 5.96. The van der Waals surface area contributed by atoms with E-state index in [0.717, 1.165) is 32.7 Å². The smallest absolute Gasteiger partial charge is 0.0483 e. The molecule has 0 bridgehead atoms. The summed E-state index contributed by atoms with van der Waals surface area (Å²) in [5.41, 5.74) is 1.35. The average Bonchev–Trinajstić information content (AvgIpc) is 2.55. The summed E-state index contributed by atoms with van der Waals surface area (Å²) in [4.78, 5) is 2.41. The molecular formula is C13H20N2O. The number of hydrogen-bond acceptors (Lipinski definition) is 3. The van der Waals surface area contributed by atoms with Gasteiger partial charge in [-0.05, 0) is 5.56 Å². The lowest BCUT2D eigenvalue weighted by Crippen LogP contribution is -2.30. The Hall–Kier alpha value is -0.900. The average molecular weight is 220 g/mol. The zero-order chi connectivity index (χ0) is 11.2. The Bertz CT molecular complexity index is 302. The van der Waals surface area contributed by atoms with Crippen LogP contribution in [0.15, 0.2) is 30.3 Å². The zero-order valence-corrected chi connectivity index (χ0v) is 9.60. The number of aliphatic hydroxyl groups excluding tert-OH is 1. The monoisotopic (exact) mass is 220 g/mol. The van der Waals surface area contributed by atoms with Crippen molar-refractivity contribution in [2.24, 2.45) is 5.92 Å². The molecule has 1 atom stereocenters. The number of rotatable bonds is 3. The van der Waals surface area contributed by atoms with E-state index in [-0.39, 0.29) is 6.61 Å². The molecule has 0 radical (unpaired) electrons. The van der Waals surface area contributed by atoms with Crippen LogP contribution in [0.2, 0.25) is 0 Å².